The Balaban J connectivity index is 0.00000133. The van der Waals surface area contributed by atoms with Gasteiger partial charge in [0, 0.05) is 19.1 Å². The number of aromatic nitrogens is 2. The lowest BCUT2D eigenvalue weighted by atomic mass is 10.3. The van der Waals surface area contributed by atoms with Gasteiger partial charge in [0.1, 0.15) is 10.5 Å². The van der Waals surface area contributed by atoms with Crippen LogP contribution < -0.4 is 10.9 Å². The summed E-state index contributed by atoms with van der Waals surface area (Å²) in [5, 5.41) is 5.19. The molecule has 1 aliphatic heterocycles. The predicted octanol–water partition coefficient (Wildman–Crippen LogP) is 1.20. The Kier molecular flexibility index (Phi) is 4.57. The summed E-state index contributed by atoms with van der Waals surface area (Å²) in [4.78, 5) is 21.5. The number of H-pyrrole nitrogens is 1. The molecule has 0 bridgehead atoms. The van der Waals surface area contributed by atoms with Crippen LogP contribution in [0.4, 0.5) is 0 Å². The number of nitrogens with one attached hydrogen (secondary N) is 2. The molecule has 7 heteroatoms. The zero-order valence-corrected chi connectivity index (χ0v) is 12.3. The van der Waals surface area contributed by atoms with Crippen molar-refractivity contribution in [3.05, 3.63) is 27.6 Å². The molecule has 3 heterocycles. The van der Waals surface area contributed by atoms with Crippen LogP contribution in [0.5, 0.6) is 0 Å². The maximum absolute atomic E-state index is 11.8. The summed E-state index contributed by atoms with van der Waals surface area (Å²) in [5.41, 5.74) is 0.789. The zero-order valence-electron chi connectivity index (χ0n) is 10.7. The minimum atomic E-state index is -0.0191. The van der Waals surface area contributed by atoms with Gasteiger partial charge in [0.2, 0.25) is 0 Å². The Bertz CT molecular complexity index is 611. The molecule has 2 N–H and O–H groups in total. The summed E-state index contributed by atoms with van der Waals surface area (Å²) in [6.45, 7) is 2.79. The zero-order chi connectivity index (χ0) is 12.5. The van der Waals surface area contributed by atoms with E-state index in [1.54, 1.807) is 0 Å². The predicted molar refractivity (Wildman–Crippen MR) is 80.2 cm³/mol. The molecule has 104 valence electrons. The van der Waals surface area contributed by atoms with Gasteiger partial charge in [-0.05, 0) is 24.9 Å². The first-order valence-corrected chi connectivity index (χ1v) is 7.00. The van der Waals surface area contributed by atoms with Crippen molar-refractivity contribution < 1.29 is 0 Å². The topological polar surface area (TPSA) is 61.0 Å². The molecule has 1 saturated heterocycles. The molecule has 1 unspecified atom stereocenters. The normalized spacial score (nSPS) is 19.7. The van der Waals surface area contributed by atoms with Crippen LogP contribution in [0.25, 0.3) is 10.2 Å². The third-order valence-electron chi connectivity index (χ3n) is 3.42. The fraction of sp³-hybridized carbons (Fsp3) is 0.500. The first kappa shape index (κ1) is 14.5. The van der Waals surface area contributed by atoms with Crippen LogP contribution in [-0.4, -0.2) is 41.0 Å². The van der Waals surface area contributed by atoms with E-state index in [9.17, 15) is 4.79 Å². The van der Waals surface area contributed by atoms with E-state index in [2.05, 4.69) is 20.2 Å². The molecule has 1 fully saturated rings. The lowest BCUT2D eigenvalue weighted by Crippen LogP contribution is -2.30. The summed E-state index contributed by atoms with van der Waals surface area (Å²) in [7, 11) is 1.99. The standard InChI is InChI=1S/C12H16N4OS.ClH/c1-13-8-2-4-16(6-8)7-10-14-9-3-5-18-11(9)12(17)15-10;/h3,5,8,13H,2,4,6-7H2,1H3,(H,14,15,17);1H. The fourth-order valence-electron chi connectivity index (χ4n) is 2.42. The maximum Gasteiger partial charge on any atom is 0.268 e. The van der Waals surface area contributed by atoms with Gasteiger partial charge in [0.25, 0.3) is 5.56 Å². The molecule has 0 spiro atoms. The third-order valence-corrected chi connectivity index (χ3v) is 4.32. The average molecular weight is 301 g/mol. The van der Waals surface area contributed by atoms with Crippen LogP contribution in [0.3, 0.4) is 0 Å². The number of halogens is 1. The van der Waals surface area contributed by atoms with Gasteiger partial charge in [-0.2, -0.15) is 0 Å². The second kappa shape index (κ2) is 6.00. The Hall–Kier alpha value is -0.950. The van der Waals surface area contributed by atoms with Crippen molar-refractivity contribution in [2.24, 2.45) is 0 Å². The minimum absolute atomic E-state index is 0. The monoisotopic (exact) mass is 300 g/mol. The largest absolute Gasteiger partial charge is 0.316 e. The molecule has 2 aromatic heterocycles. The quantitative estimate of drug-likeness (QED) is 0.894. The van der Waals surface area contributed by atoms with Crippen LogP contribution in [0.15, 0.2) is 16.2 Å². The van der Waals surface area contributed by atoms with Crippen molar-refractivity contribution in [3.8, 4) is 0 Å². The molecule has 0 amide bonds. The molecule has 0 aliphatic carbocycles. The summed E-state index contributed by atoms with van der Waals surface area (Å²) < 4.78 is 0.716. The summed E-state index contributed by atoms with van der Waals surface area (Å²) in [6.07, 6.45) is 1.15. The van der Waals surface area contributed by atoms with Crippen molar-refractivity contribution in [1.82, 2.24) is 20.2 Å². The third kappa shape index (κ3) is 2.97. The molecule has 0 saturated carbocycles. The number of thiophene rings is 1. The van der Waals surface area contributed by atoms with Gasteiger partial charge in [-0.3, -0.25) is 9.69 Å². The van der Waals surface area contributed by atoms with E-state index in [1.165, 1.54) is 11.3 Å². The van der Waals surface area contributed by atoms with Gasteiger partial charge in [0.05, 0.1) is 12.1 Å². The number of aromatic amines is 1. The Morgan fingerprint density at radius 2 is 2.47 bits per heavy atom. The van der Waals surface area contributed by atoms with Crippen LogP contribution >= 0.6 is 23.7 Å². The van der Waals surface area contributed by atoms with E-state index < -0.39 is 0 Å². The van der Waals surface area contributed by atoms with E-state index in [4.69, 9.17) is 0 Å². The first-order chi connectivity index (χ1) is 8.76. The molecule has 0 aromatic carbocycles. The van der Waals surface area contributed by atoms with Crippen molar-refractivity contribution in [3.63, 3.8) is 0 Å². The van der Waals surface area contributed by atoms with Crippen LogP contribution in [0.1, 0.15) is 12.2 Å². The Labute approximate surface area is 121 Å². The van der Waals surface area contributed by atoms with Gasteiger partial charge in [0.15, 0.2) is 0 Å². The van der Waals surface area contributed by atoms with Crippen LogP contribution in [-0.2, 0) is 6.54 Å². The smallest absolute Gasteiger partial charge is 0.268 e. The number of fused-ring (bicyclic) bond motifs is 1. The Morgan fingerprint density at radius 3 is 3.21 bits per heavy atom. The lowest BCUT2D eigenvalue weighted by molar-refractivity contribution is 0.314. The van der Waals surface area contributed by atoms with E-state index in [1.807, 2.05) is 18.5 Å². The molecule has 5 nitrogen and oxygen atoms in total. The van der Waals surface area contributed by atoms with E-state index in [0.717, 1.165) is 37.4 Å². The van der Waals surface area contributed by atoms with Gasteiger partial charge in [-0.25, -0.2) is 4.98 Å². The van der Waals surface area contributed by atoms with Gasteiger partial charge in [-0.1, -0.05) is 0 Å². The van der Waals surface area contributed by atoms with Crippen molar-refractivity contribution >= 4 is 34.0 Å². The highest BCUT2D eigenvalue weighted by atomic mass is 35.5. The molecular weight excluding hydrogens is 284 g/mol. The molecular formula is C12H17ClN4OS. The molecule has 19 heavy (non-hydrogen) atoms. The fourth-order valence-corrected chi connectivity index (χ4v) is 3.15. The molecule has 1 aliphatic rings. The van der Waals surface area contributed by atoms with Gasteiger partial charge >= 0.3 is 0 Å². The lowest BCUT2D eigenvalue weighted by Gasteiger charge is -2.14. The van der Waals surface area contributed by atoms with Gasteiger partial charge < -0.3 is 10.3 Å². The second-order valence-electron chi connectivity index (χ2n) is 4.66. The molecule has 0 radical (unpaired) electrons. The highest BCUT2D eigenvalue weighted by molar-refractivity contribution is 7.17. The number of likely N-dealkylation sites (N-methyl/N-ethyl adjacent to an activating group) is 1. The van der Waals surface area contributed by atoms with Crippen molar-refractivity contribution in [2.75, 3.05) is 20.1 Å². The number of hydrogen-bond acceptors (Lipinski definition) is 5. The number of rotatable bonds is 3. The summed E-state index contributed by atoms with van der Waals surface area (Å²) >= 11 is 1.44. The first-order valence-electron chi connectivity index (χ1n) is 6.12. The molecule has 2 aromatic rings. The Morgan fingerprint density at radius 1 is 1.63 bits per heavy atom. The number of likely N-dealkylation sites (tertiary alicyclic amines) is 1. The van der Waals surface area contributed by atoms with E-state index in [-0.39, 0.29) is 18.0 Å². The second-order valence-corrected chi connectivity index (χ2v) is 5.57. The van der Waals surface area contributed by atoms with Crippen LogP contribution in [0.2, 0.25) is 0 Å². The number of nitrogens with zero attached hydrogens (tertiary/aromatic N) is 2. The average Bonchev–Trinajstić information content (AvgIpc) is 2.97. The highest BCUT2D eigenvalue weighted by Crippen LogP contribution is 2.15. The molecule has 1 atom stereocenters. The van der Waals surface area contributed by atoms with E-state index in [0.29, 0.717) is 10.7 Å². The summed E-state index contributed by atoms with van der Waals surface area (Å²) in [5.74, 6) is 0.766. The SMILES string of the molecule is CNC1CCN(Cc2nc3ccsc3c(=O)[nH]2)C1.Cl. The molecule has 3 rings (SSSR count). The van der Waals surface area contributed by atoms with E-state index >= 15 is 0 Å². The number of hydrogen-bond donors (Lipinski definition) is 2. The minimum Gasteiger partial charge on any atom is -0.316 e. The van der Waals surface area contributed by atoms with Crippen LogP contribution in [0, 0.1) is 0 Å². The van der Waals surface area contributed by atoms with Gasteiger partial charge in [-0.15, -0.1) is 23.7 Å². The van der Waals surface area contributed by atoms with Crippen molar-refractivity contribution in [1.29, 1.82) is 0 Å². The van der Waals surface area contributed by atoms with Crippen molar-refractivity contribution in [2.45, 2.75) is 19.0 Å². The maximum atomic E-state index is 11.8. The summed E-state index contributed by atoms with van der Waals surface area (Å²) in [6, 6.07) is 2.46. The highest BCUT2D eigenvalue weighted by Gasteiger charge is 2.21.